The molecule has 0 unspecified atom stereocenters. The molecule has 3 aromatic heterocycles. The van der Waals surface area contributed by atoms with Crippen LogP contribution in [-0.4, -0.2) is 58.1 Å². The van der Waals surface area contributed by atoms with Crippen LogP contribution in [0.25, 0.3) is 15.9 Å². The highest BCUT2D eigenvalue weighted by Crippen LogP contribution is 2.31. The number of thiophene rings is 1. The third-order valence-corrected chi connectivity index (χ3v) is 9.73. The number of nitrogens with two attached hydrogens (primary N) is 1. The molecule has 12 nitrogen and oxygen atoms in total. The molecule has 0 spiro atoms. The van der Waals surface area contributed by atoms with E-state index in [1.165, 1.54) is 32.5 Å². The molecule has 2 aromatic carbocycles. The number of aryl methyl sites for hydroxylation is 2. The van der Waals surface area contributed by atoms with E-state index in [2.05, 4.69) is 4.98 Å². The maximum absolute atomic E-state index is 14.0. The van der Waals surface area contributed by atoms with Gasteiger partial charge in [0.25, 0.3) is 11.1 Å². The summed E-state index contributed by atoms with van der Waals surface area (Å²) in [6.45, 7) is 4.12. The summed E-state index contributed by atoms with van der Waals surface area (Å²) in [5.41, 5.74) is 6.71. The predicted octanol–water partition coefficient (Wildman–Crippen LogP) is 3.58. The van der Waals surface area contributed by atoms with E-state index in [4.69, 9.17) is 20.2 Å². The molecule has 3 N–H and O–H groups in total. The Hall–Kier alpha value is -4.66. The summed E-state index contributed by atoms with van der Waals surface area (Å²) in [6.07, 6.45) is 0.753. The van der Waals surface area contributed by atoms with E-state index in [1.54, 1.807) is 31.4 Å². The van der Waals surface area contributed by atoms with E-state index in [9.17, 15) is 19.2 Å². The number of hydrogen-bond acceptors (Lipinski definition) is 10. The molecule has 0 bridgehead atoms. The lowest BCUT2D eigenvalue weighted by atomic mass is 10.2. The van der Waals surface area contributed by atoms with Gasteiger partial charge in [0, 0.05) is 24.6 Å². The molecule has 240 valence electrons. The van der Waals surface area contributed by atoms with Crippen molar-refractivity contribution in [2.75, 3.05) is 43.8 Å². The molecule has 0 radical (unpaired) electrons. The monoisotopic (exact) mass is 662 g/mol. The fraction of sp³-hybridized carbons (Fsp3) is 0.281. The lowest BCUT2D eigenvalue weighted by molar-refractivity contribution is -0.116. The van der Waals surface area contributed by atoms with Crippen LogP contribution in [0.15, 0.2) is 74.1 Å². The molecule has 0 fully saturated rings. The van der Waals surface area contributed by atoms with Crippen LogP contribution < -0.4 is 32.2 Å². The zero-order chi connectivity index (χ0) is 33.0. The van der Waals surface area contributed by atoms with Crippen molar-refractivity contribution in [3.8, 4) is 11.4 Å². The number of H-pyrrole nitrogens is 1. The number of ether oxygens (including phenoxy) is 2. The van der Waals surface area contributed by atoms with Gasteiger partial charge in [0.05, 0.1) is 37.1 Å². The van der Waals surface area contributed by atoms with Crippen LogP contribution in [-0.2, 0) is 22.5 Å². The number of nitrogens with one attached hydrogen (secondary N) is 1. The Bertz CT molecular complexity index is 2070. The minimum absolute atomic E-state index is 0.00809. The summed E-state index contributed by atoms with van der Waals surface area (Å²) >= 11 is 2.51. The number of methoxy groups -OCH3 is 2. The second kappa shape index (κ2) is 14.2. The number of carbonyl (C=O) groups excluding carboxylic acids is 1. The maximum atomic E-state index is 14.0. The Labute approximate surface area is 272 Å². The van der Waals surface area contributed by atoms with Crippen LogP contribution in [0.1, 0.15) is 22.9 Å². The number of benzene rings is 2. The molecule has 1 amide bonds. The topological polar surface area (TPSA) is 155 Å². The van der Waals surface area contributed by atoms with Gasteiger partial charge in [0.15, 0.2) is 10.8 Å². The lowest BCUT2D eigenvalue weighted by Gasteiger charge is -2.24. The normalized spacial score (nSPS) is 11.2. The summed E-state index contributed by atoms with van der Waals surface area (Å²) in [5, 5.41) is 0.827. The summed E-state index contributed by atoms with van der Waals surface area (Å²) in [7, 11) is 3.01. The third kappa shape index (κ3) is 6.50. The molecule has 0 saturated carbocycles. The fourth-order valence-electron chi connectivity index (χ4n) is 5.13. The van der Waals surface area contributed by atoms with E-state index in [-0.39, 0.29) is 42.5 Å². The van der Waals surface area contributed by atoms with Crippen LogP contribution >= 0.6 is 23.1 Å². The molecular formula is C32H34N6O6S2. The molecule has 5 rings (SSSR count). The average Bonchev–Trinajstić information content (AvgIpc) is 3.38. The number of rotatable bonds is 12. The van der Waals surface area contributed by atoms with Crippen LogP contribution in [0.4, 0.5) is 11.5 Å². The lowest BCUT2D eigenvalue weighted by Crippen LogP contribution is -2.43. The summed E-state index contributed by atoms with van der Waals surface area (Å²) in [6, 6.07) is 16.2. The molecule has 0 aliphatic rings. The van der Waals surface area contributed by atoms with Gasteiger partial charge in [-0.15, -0.1) is 11.3 Å². The SMILES string of the molecule is CCc1sc2nc(SCC(=O)N(CCOC)c3c(N)n(Cc4ccccc4)c(=O)[nH]c3=O)n(-c3cccc(OC)c3)c(=O)c2c1C. The van der Waals surface area contributed by atoms with Gasteiger partial charge < -0.3 is 20.1 Å². The smallest absolute Gasteiger partial charge is 0.330 e. The number of hydrogen-bond donors (Lipinski definition) is 2. The maximum Gasteiger partial charge on any atom is 0.330 e. The Kier molecular flexibility index (Phi) is 10.1. The number of nitrogens with zero attached hydrogens (tertiary/aromatic N) is 4. The van der Waals surface area contributed by atoms with Crippen LogP contribution in [0.2, 0.25) is 0 Å². The van der Waals surface area contributed by atoms with Crippen molar-refractivity contribution in [1.82, 2.24) is 19.1 Å². The molecule has 0 aliphatic carbocycles. The van der Waals surface area contributed by atoms with E-state index in [0.29, 0.717) is 26.8 Å². The third-order valence-electron chi connectivity index (χ3n) is 7.48. The Morgan fingerprint density at radius 2 is 1.87 bits per heavy atom. The van der Waals surface area contributed by atoms with Gasteiger partial charge in [-0.05, 0) is 36.6 Å². The molecule has 0 saturated heterocycles. The van der Waals surface area contributed by atoms with Crippen molar-refractivity contribution in [1.29, 1.82) is 0 Å². The number of aromatic nitrogens is 4. The number of anilines is 2. The van der Waals surface area contributed by atoms with Gasteiger partial charge in [-0.1, -0.05) is 55.1 Å². The van der Waals surface area contributed by atoms with Gasteiger partial charge in [-0.3, -0.25) is 28.5 Å². The second-order valence-corrected chi connectivity index (χ2v) is 12.3. The Morgan fingerprint density at radius 3 is 2.57 bits per heavy atom. The van der Waals surface area contributed by atoms with Crippen LogP contribution in [0.5, 0.6) is 5.75 Å². The largest absolute Gasteiger partial charge is 0.497 e. The van der Waals surface area contributed by atoms with E-state index >= 15 is 0 Å². The van der Waals surface area contributed by atoms with Gasteiger partial charge in [0.1, 0.15) is 16.4 Å². The molecule has 14 heteroatoms. The van der Waals surface area contributed by atoms with Crippen molar-refractivity contribution in [2.45, 2.75) is 32.0 Å². The van der Waals surface area contributed by atoms with E-state index in [1.807, 2.05) is 44.2 Å². The van der Waals surface area contributed by atoms with Gasteiger partial charge >= 0.3 is 5.69 Å². The highest BCUT2D eigenvalue weighted by atomic mass is 32.2. The molecule has 3 heterocycles. The quantitative estimate of drug-likeness (QED) is 0.151. The summed E-state index contributed by atoms with van der Waals surface area (Å²) in [4.78, 5) is 63.8. The number of carbonyl (C=O) groups is 1. The van der Waals surface area contributed by atoms with Crippen molar-refractivity contribution >= 4 is 50.7 Å². The standard InChI is InChI=1S/C32H34N6O6S2/c1-5-23-19(2)25-29(46-23)35-32(38(30(25)41)21-12-9-13-22(16-21)44-4)45-18-24(39)36(14-15-43-3)26-27(33)37(31(42)34-28(26)40)17-20-10-7-6-8-11-20/h6-13,16H,5,14-15,17-18,33H2,1-4H3,(H,34,40,42). The van der Waals surface area contributed by atoms with Gasteiger partial charge in [0.2, 0.25) is 5.91 Å². The molecule has 0 aliphatic heterocycles. The van der Waals surface area contributed by atoms with E-state index in [0.717, 1.165) is 34.2 Å². The number of fused-ring (bicyclic) bond motifs is 1. The second-order valence-electron chi connectivity index (χ2n) is 10.3. The first kappa shape index (κ1) is 32.7. The van der Waals surface area contributed by atoms with E-state index < -0.39 is 17.2 Å². The first-order chi connectivity index (χ1) is 22.2. The fourth-order valence-corrected chi connectivity index (χ4v) is 7.18. The van der Waals surface area contributed by atoms with Crippen molar-refractivity contribution in [3.05, 3.63) is 102 Å². The summed E-state index contributed by atoms with van der Waals surface area (Å²) < 4.78 is 13.3. The number of thioether (sulfide) groups is 1. The first-order valence-corrected chi connectivity index (χ1v) is 16.3. The summed E-state index contributed by atoms with van der Waals surface area (Å²) in [5.74, 6) is -0.292. The zero-order valence-corrected chi connectivity index (χ0v) is 27.5. The van der Waals surface area contributed by atoms with Crippen LogP contribution in [0, 0.1) is 6.92 Å². The zero-order valence-electron chi connectivity index (χ0n) is 25.9. The first-order valence-electron chi connectivity index (χ1n) is 14.5. The number of amides is 1. The molecule has 0 atom stereocenters. The average molecular weight is 663 g/mol. The van der Waals surface area contributed by atoms with Crippen molar-refractivity contribution < 1.29 is 14.3 Å². The molecule has 46 heavy (non-hydrogen) atoms. The molecular weight excluding hydrogens is 629 g/mol. The Balaban J connectivity index is 1.56. The minimum Gasteiger partial charge on any atom is -0.497 e. The van der Waals surface area contributed by atoms with Crippen molar-refractivity contribution in [2.24, 2.45) is 0 Å². The highest BCUT2D eigenvalue weighted by molar-refractivity contribution is 7.99. The van der Waals surface area contributed by atoms with Crippen LogP contribution in [0.3, 0.4) is 0 Å². The number of nitrogen functional groups attached to an aromatic ring is 1. The predicted molar refractivity (Wildman–Crippen MR) is 182 cm³/mol. The van der Waals surface area contributed by atoms with Crippen molar-refractivity contribution in [3.63, 3.8) is 0 Å². The minimum atomic E-state index is -0.796. The number of aromatic amines is 1. The molecule has 5 aromatic rings. The van der Waals surface area contributed by atoms with Gasteiger partial charge in [-0.25, -0.2) is 9.78 Å². The highest BCUT2D eigenvalue weighted by Gasteiger charge is 2.26. The van der Waals surface area contributed by atoms with Gasteiger partial charge in [-0.2, -0.15) is 0 Å². The Morgan fingerprint density at radius 1 is 1.11 bits per heavy atom.